The lowest BCUT2D eigenvalue weighted by Gasteiger charge is -2.13. The largest absolute Gasteiger partial charge is 0.276 e. The molecule has 0 amide bonds. The van der Waals surface area contributed by atoms with Crippen LogP contribution in [0.15, 0.2) is 10.9 Å². The molecule has 0 atom stereocenters. The summed E-state index contributed by atoms with van der Waals surface area (Å²) in [6, 6.07) is 1.96. The Kier molecular flexibility index (Phi) is 2.60. The molecule has 2 aromatic heterocycles. The van der Waals surface area contributed by atoms with Crippen molar-refractivity contribution in [3.8, 4) is 0 Å². The van der Waals surface area contributed by atoms with E-state index < -0.39 is 0 Å². The number of hydrogen-bond donors (Lipinski definition) is 1. The van der Waals surface area contributed by atoms with Gasteiger partial charge >= 0.3 is 0 Å². The van der Waals surface area contributed by atoms with Gasteiger partial charge in [0.25, 0.3) is 5.56 Å². The first-order valence-electron chi connectivity index (χ1n) is 5.96. The molecule has 4 nitrogen and oxygen atoms in total. The van der Waals surface area contributed by atoms with Crippen LogP contribution in [0, 0.1) is 6.92 Å². The van der Waals surface area contributed by atoms with Gasteiger partial charge in [0.05, 0.1) is 0 Å². The molecule has 0 unspecified atom stereocenters. The highest BCUT2D eigenvalue weighted by molar-refractivity contribution is 5.44. The van der Waals surface area contributed by atoms with Crippen LogP contribution in [0.1, 0.15) is 44.6 Å². The fourth-order valence-electron chi connectivity index (χ4n) is 1.95. The monoisotopic (exact) mass is 233 g/mol. The highest BCUT2D eigenvalue weighted by Crippen LogP contribution is 2.19. The van der Waals surface area contributed by atoms with E-state index in [1.54, 1.807) is 4.52 Å². The second-order valence-corrected chi connectivity index (χ2v) is 5.48. The van der Waals surface area contributed by atoms with Crippen molar-refractivity contribution in [1.29, 1.82) is 0 Å². The van der Waals surface area contributed by atoms with Gasteiger partial charge in [-0.2, -0.15) is 4.52 Å². The number of aromatic nitrogens is 3. The Morgan fingerprint density at radius 1 is 1.41 bits per heavy atom. The molecule has 1 N–H and O–H groups in total. The molecular weight excluding hydrogens is 214 g/mol. The average Bonchev–Trinajstić information content (AvgIpc) is 2.61. The number of pyridine rings is 1. The van der Waals surface area contributed by atoms with Crippen LogP contribution in [0.4, 0.5) is 0 Å². The summed E-state index contributed by atoms with van der Waals surface area (Å²) >= 11 is 0. The van der Waals surface area contributed by atoms with Gasteiger partial charge in [0, 0.05) is 11.0 Å². The summed E-state index contributed by atoms with van der Waals surface area (Å²) < 4.78 is 1.55. The average molecular weight is 233 g/mol. The van der Waals surface area contributed by atoms with Crippen molar-refractivity contribution < 1.29 is 0 Å². The minimum atomic E-state index is -0.0846. The van der Waals surface area contributed by atoms with Crippen LogP contribution in [0.3, 0.4) is 0 Å². The molecule has 2 heterocycles. The first-order chi connectivity index (χ1) is 7.84. The van der Waals surface area contributed by atoms with Gasteiger partial charge in [-0.3, -0.25) is 9.89 Å². The van der Waals surface area contributed by atoms with E-state index in [0.717, 1.165) is 23.4 Å². The second kappa shape index (κ2) is 3.72. The van der Waals surface area contributed by atoms with Gasteiger partial charge in [0.15, 0.2) is 5.65 Å². The van der Waals surface area contributed by atoms with E-state index >= 15 is 0 Å². The molecule has 0 aliphatic rings. The number of hydrogen-bond acceptors (Lipinski definition) is 2. The Labute approximate surface area is 101 Å². The van der Waals surface area contributed by atoms with Crippen LogP contribution in [-0.4, -0.2) is 14.6 Å². The molecule has 2 rings (SSSR count). The molecule has 0 fully saturated rings. The van der Waals surface area contributed by atoms with Gasteiger partial charge in [-0.15, -0.1) is 0 Å². The molecule has 0 aromatic carbocycles. The zero-order chi connectivity index (χ0) is 12.8. The smallest absolute Gasteiger partial charge is 0.274 e. The van der Waals surface area contributed by atoms with Gasteiger partial charge in [-0.1, -0.05) is 27.7 Å². The summed E-state index contributed by atoms with van der Waals surface area (Å²) in [4.78, 5) is 16.7. The van der Waals surface area contributed by atoms with Crippen molar-refractivity contribution in [3.05, 3.63) is 33.4 Å². The van der Waals surface area contributed by atoms with E-state index in [9.17, 15) is 4.79 Å². The third-order valence-electron chi connectivity index (χ3n) is 3.02. The van der Waals surface area contributed by atoms with Gasteiger partial charge in [-0.05, 0) is 25.0 Å². The predicted molar refractivity (Wildman–Crippen MR) is 68.6 cm³/mol. The van der Waals surface area contributed by atoms with E-state index in [1.165, 1.54) is 0 Å². The highest BCUT2D eigenvalue weighted by atomic mass is 16.1. The van der Waals surface area contributed by atoms with Crippen LogP contribution < -0.4 is 5.56 Å². The van der Waals surface area contributed by atoms with Crippen LogP contribution in [0.5, 0.6) is 0 Å². The Hall–Kier alpha value is -1.58. The van der Waals surface area contributed by atoms with Gasteiger partial charge < -0.3 is 0 Å². The number of aromatic amines is 1. The summed E-state index contributed by atoms with van der Waals surface area (Å²) in [5.41, 5.74) is 2.51. The van der Waals surface area contributed by atoms with E-state index in [-0.39, 0.29) is 11.0 Å². The van der Waals surface area contributed by atoms with E-state index in [0.29, 0.717) is 5.65 Å². The molecule has 92 valence electrons. The molecule has 0 saturated heterocycles. The fraction of sp³-hybridized carbons (Fsp3) is 0.538. The maximum absolute atomic E-state index is 12.2. The lowest BCUT2D eigenvalue weighted by Crippen LogP contribution is -2.20. The first kappa shape index (κ1) is 11.9. The molecule has 2 aromatic rings. The standard InChI is InChI=1S/C13H19N3O/c1-6-9-8(2)7-10-14-12(13(3,4)5)15-16(10)11(9)17/h7H,6H2,1-5H3,(H,14,15). The molecule has 0 spiro atoms. The van der Waals surface area contributed by atoms with Crippen molar-refractivity contribution in [2.45, 2.75) is 46.5 Å². The summed E-state index contributed by atoms with van der Waals surface area (Å²) in [5, 5.41) is 3.10. The SMILES string of the molecule is CCc1c(C)cc2nc(C(C)(C)C)[nH]n2c1=O. The Morgan fingerprint density at radius 3 is 2.59 bits per heavy atom. The van der Waals surface area contributed by atoms with Crippen molar-refractivity contribution in [1.82, 2.24) is 14.6 Å². The predicted octanol–water partition coefficient (Wildman–Crippen LogP) is 2.19. The molecule has 0 aliphatic heterocycles. The van der Waals surface area contributed by atoms with Crippen molar-refractivity contribution in [2.24, 2.45) is 0 Å². The van der Waals surface area contributed by atoms with Crippen LogP contribution in [0.25, 0.3) is 5.65 Å². The summed E-state index contributed by atoms with van der Waals surface area (Å²) in [6.07, 6.45) is 0.747. The van der Waals surface area contributed by atoms with Crippen molar-refractivity contribution >= 4 is 5.65 Å². The molecule has 0 saturated carbocycles. The minimum Gasteiger partial charge on any atom is -0.276 e. The molecule has 4 heteroatoms. The van der Waals surface area contributed by atoms with E-state index in [2.05, 4.69) is 30.9 Å². The lowest BCUT2D eigenvalue weighted by molar-refractivity contribution is 0.544. The first-order valence-corrected chi connectivity index (χ1v) is 5.96. The molecule has 0 aliphatic carbocycles. The van der Waals surface area contributed by atoms with Crippen molar-refractivity contribution in [2.75, 3.05) is 0 Å². The lowest BCUT2D eigenvalue weighted by atomic mass is 9.96. The van der Waals surface area contributed by atoms with Gasteiger partial charge in [-0.25, -0.2) is 4.98 Å². The zero-order valence-electron chi connectivity index (χ0n) is 11.1. The normalized spacial score (nSPS) is 12.3. The Morgan fingerprint density at radius 2 is 2.06 bits per heavy atom. The Balaban J connectivity index is 2.79. The second-order valence-electron chi connectivity index (χ2n) is 5.48. The third-order valence-corrected chi connectivity index (χ3v) is 3.02. The topological polar surface area (TPSA) is 50.2 Å². The number of fused-ring (bicyclic) bond motifs is 1. The van der Waals surface area contributed by atoms with E-state index in [1.807, 2.05) is 19.9 Å². The summed E-state index contributed by atoms with van der Waals surface area (Å²) in [6.45, 7) is 10.2. The highest BCUT2D eigenvalue weighted by Gasteiger charge is 2.19. The summed E-state index contributed by atoms with van der Waals surface area (Å²) in [5.74, 6) is 0.835. The number of H-pyrrole nitrogens is 1. The third kappa shape index (κ3) is 1.88. The molecule has 0 radical (unpaired) electrons. The number of nitrogens with one attached hydrogen (secondary N) is 1. The van der Waals surface area contributed by atoms with Crippen LogP contribution in [-0.2, 0) is 11.8 Å². The van der Waals surface area contributed by atoms with Crippen molar-refractivity contribution in [3.63, 3.8) is 0 Å². The molecular formula is C13H19N3O. The molecule has 0 bridgehead atoms. The fourth-order valence-corrected chi connectivity index (χ4v) is 1.95. The minimum absolute atomic E-state index is 0.0190. The number of rotatable bonds is 1. The maximum atomic E-state index is 12.2. The maximum Gasteiger partial charge on any atom is 0.274 e. The van der Waals surface area contributed by atoms with Gasteiger partial charge in [0.2, 0.25) is 0 Å². The number of nitrogens with zero attached hydrogens (tertiary/aromatic N) is 2. The quantitative estimate of drug-likeness (QED) is 0.820. The Bertz CT molecular complexity index is 614. The number of aryl methyl sites for hydroxylation is 1. The molecule has 17 heavy (non-hydrogen) atoms. The van der Waals surface area contributed by atoms with Crippen LogP contribution in [0.2, 0.25) is 0 Å². The summed E-state index contributed by atoms with van der Waals surface area (Å²) in [7, 11) is 0. The van der Waals surface area contributed by atoms with Gasteiger partial charge in [0.1, 0.15) is 5.82 Å². The van der Waals surface area contributed by atoms with E-state index in [4.69, 9.17) is 0 Å². The zero-order valence-corrected chi connectivity index (χ0v) is 11.1. The van der Waals surface area contributed by atoms with Crippen LogP contribution >= 0.6 is 0 Å².